The summed E-state index contributed by atoms with van der Waals surface area (Å²) in [5, 5.41) is 0.469. The van der Waals surface area contributed by atoms with Crippen LogP contribution in [0.3, 0.4) is 0 Å². The zero-order valence-electron chi connectivity index (χ0n) is 21.8. The lowest BCUT2D eigenvalue weighted by Crippen LogP contribution is -2.50. The summed E-state index contributed by atoms with van der Waals surface area (Å²) in [5.41, 5.74) is -7.12. The zero-order chi connectivity index (χ0) is 31.4. The molecule has 0 radical (unpaired) electrons. The number of hydrogen-bond acceptors (Lipinski definition) is 4. The first-order chi connectivity index (χ1) is 20.0. The number of aromatic nitrogens is 1. The summed E-state index contributed by atoms with van der Waals surface area (Å²) in [6, 6.07) is 13.5. The summed E-state index contributed by atoms with van der Waals surface area (Å²) in [6.07, 6.45) is -11.5. The molecule has 43 heavy (non-hydrogen) atoms. The standard InChI is InChI=1S/C29H20F8N2O3S/c30-20-10-12-21(13-11-20)43(41,42)26(18-6-8-19(9-7-18)27(31,28(32,33)34)29(35,36)37)14-16-39(17-26)25(40)23-3-1-5-24-22(23)4-2-15-38-24/h1-13,15H,14,16-17H2/t26-/m0/s1. The average Bonchev–Trinajstić information content (AvgIpc) is 3.43. The predicted molar refractivity (Wildman–Crippen MR) is 139 cm³/mol. The van der Waals surface area contributed by atoms with Crippen LogP contribution >= 0.6 is 0 Å². The Balaban J connectivity index is 1.62. The Morgan fingerprint density at radius 2 is 1.44 bits per heavy atom. The SMILES string of the molecule is O=C(c1cccc2ncccc12)N1CC[C@](c2ccc(C(F)(C(F)(F)F)C(F)(F)F)cc2)(S(=O)(=O)c2ccc(F)cc2)C1. The zero-order valence-corrected chi connectivity index (χ0v) is 22.6. The second-order valence-electron chi connectivity index (χ2n) is 10.0. The third kappa shape index (κ3) is 4.81. The molecule has 4 aromatic rings. The smallest absolute Gasteiger partial charge is 0.337 e. The van der Waals surface area contributed by atoms with E-state index in [0.29, 0.717) is 23.0 Å². The van der Waals surface area contributed by atoms with Crippen molar-refractivity contribution in [2.45, 2.75) is 34.1 Å². The molecule has 5 nitrogen and oxygen atoms in total. The van der Waals surface area contributed by atoms with Crippen LogP contribution in [-0.2, 0) is 20.3 Å². The molecular formula is C29H20F8N2O3S. The third-order valence-electron chi connectivity index (χ3n) is 7.62. The van der Waals surface area contributed by atoms with E-state index in [2.05, 4.69) is 4.98 Å². The fourth-order valence-electron chi connectivity index (χ4n) is 5.36. The maximum Gasteiger partial charge on any atom is 0.435 e. The summed E-state index contributed by atoms with van der Waals surface area (Å²) < 4.78 is 134. The van der Waals surface area contributed by atoms with E-state index in [0.717, 1.165) is 24.3 Å². The van der Waals surface area contributed by atoms with Gasteiger partial charge in [0, 0.05) is 35.8 Å². The molecule has 0 spiro atoms. The summed E-state index contributed by atoms with van der Waals surface area (Å²) in [5.74, 6) is -1.35. The Kier molecular flexibility index (Phi) is 7.27. The fourth-order valence-corrected chi connectivity index (χ4v) is 7.43. The molecule has 1 aliphatic heterocycles. The Bertz CT molecular complexity index is 1770. The highest BCUT2D eigenvalue weighted by atomic mass is 32.2. The highest BCUT2D eigenvalue weighted by Gasteiger charge is 2.73. The van der Waals surface area contributed by atoms with Crippen LogP contribution in [0.4, 0.5) is 35.1 Å². The topological polar surface area (TPSA) is 67.3 Å². The van der Waals surface area contributed by atoms with Crippen molar-refractivity contribution < 1.29 is 48.3 Å². The number of halogens is 8. The van der Waals surface area contributed by atoms with Crippen molar-refractivity contribution in [1.82, 2.24) is 9.88 Å². The summed E-state index contributed by atoms with van der Waals surface area (Å²) in [7, 11) is -4.58. The van der Waals surface area contributed by atoms with Crippen LogP contribution in [0.25, 0.3) is 10.9 Å². The van der Waals surface area contributed by atoms with Crippen LogP contribution in [0.5, 0.6) is 0 Å². The molecule has 1 fully saturated rings. The lowest BCUT2D eigenvalue weighted by Gasteiger charge is -2.32. The Morgan fingerprint density at radius 1 is 0.814 bits per heavy atom. The number of carbonyl (C=O) groups is 1. The van der Waals surface area contributed by atoms with Crippen LogP contribution in [0.2, 0.25) is 0 Å². The largest absolute Gasteiger partial charge is 0.435 e. The molecule has 2 heterocycles. The molecule has 0 saturated carbocycles. The molecule has 226 valence electrons. The number of pyridine rings is 1. The first kappa shape index (κ1) is 30.4. The highest BCUT2D eigenvalue weighted by Crippen LogP contribution is 2.54. The van der Waals surface area contributed by atoms with Gasteiger partial charge in [0.15, 0.2) is 9.84 Å². The van der Waals surface area contributed by atoms with Crippen molar-refractivity contribution in [3.63, 3.8) is 0 Å². The van der Waals surface area contributed by atoms with E-state index in [1.807, 2.05) is 0 Å². The lowest BCUT2D eigenvalue weighted by molar-refractivity contribution is -0.348. The molecule has 1 amide bonds. The van der Waals surface area contributed by atoms with Crippen molar-refractivity contribution in [3.8, 4) is 0 Å². The van der Waals surface area contributed by atoms with Gasteiger partial charge >= 0.3 is 18.0 Å². The predicted octanol–water partition coefficient (Wildman–Crippen LogP) is 6.88. The van der Waals surface area contributed by atoms with Gasteiger partial charge < -0.3 is 4.90 Å². The fraction of sp³-hybridized carbons (Fsp3) is 0.241. The van der Waals surface area contributed by atoms with Gasteiger partial charge in [0.05, 0.1) is 10.4 Å². The van der Waals surface area contributed by atoms with Gasteiger partial charge in [-0.1, -0.05) is 36.4 Å². The normalized spacial score (nSPS) is 18.3. The molecule has 1 saturated heterocycles. The van der Waals surface area contributed by atoms with Crippen LogP contribution in [-0.4, -0.2) is 49.7 Å². The Hall–Kier alpha value is -4.07. The summed E-state index contributed by atoms with van der Waals surface area (Å²) in [6.45, 7) is -0.726. The minimum atomic E-state index is -6.37. The first-order valence-electron chi connectivity index (χ1n) is 12.6. The van der Waals surface area contributed by atoms with E-state index in [9.17, 15) is 48.3 Å². The highest BCUT2D eigenvalue weighted by molar-refractivity contribution is 7.92. The number of amides is 1. The van der Waals surface area contributed by atoms with Gasteiger partial charge in [-0.2, -0.15) is 26.3 Å². The number of rotatable bonds is 5. The summed E-state index contributed by atoms with van der Waals surface area (Å²) >= 11 is 0. The molecule has 0 unspecified atom stereocenters. The number of benzene rings is 3. The van der Waals surface area contributed by atoms with E-state index < -0.39 is 61.3 Å². The van der Waals surface area contributed by atoms with E-state index in [1.54, 1.807) is 24.3 Å². The van der Waals surface area contributed by atoms with Crippen molar-refractivity contribution in [3.05, 3.63) is 108 Å². The second kappa shape index (κ2) is 10.3. The molecule has 3 aromatic carbocycles. The van der Waals surface area contributed by atoms with E-state index in [-0.39, 0.29) is 36.2 Å². The second-order valence-corrected chi connectivity index (χ2v) is 12.3. The number of nitrogens with zero attached hydrogens (tertiary/aromatic N) is 2. The van der Waals surface area contributed by atoms with Gasteiger partial charge in [0.1, 0.15) is 10.6 Å². The van der Waals surface area contributed by atoms with Gasteiger partial charge in [-0.15, -0.1) is 0 Å². The number of hydrogen-bond donors (Lipinski definition) is 0. The molecule has 5 rings (SSSR count). The van der Waals surface area contributed by atoms with Crippen LogP contribution < -0.4 is 0 Å². The van der Waals surface area contributed by atoms with Crippen LogP contribution in [0.1, 0.15) is 27.9 Å². The third-order valence-corrected chi connectivity index (χ3v) is 10.1. The molecule has 1 aliphatic rings. The number of fused-ring (bicyclic) bond motifs is 1. The minimum Gasteiger partial charge on any atom is -0.337 e. The monoisotopic (exact) mass is 628 g/mol. The molecule has 0 aliphatic carbocycles. The Morgan fingerprint density at radius 3 is 2.05 bits per heavy atom. The van der Waals surface area contributed by atoms with Crippen molar-refractivity contribution in [2.75, 3.05) is 13.1 Å². The number of carbonyl (C=O) groups excluding carboxylic acids is 1. The van der Waals surface area contributed by atoms with E-state index >= 15 is 0 Å². The van der Waals surface area contributed by atoms with Gasteiger partial charge in [-0.3, -0.25) is 9.78 Å². The Labute approximate surface area is 239 Å². The van der Waals surface area contributed by atoms with E-state index in [1.165, 1.54) is 17.2 Å². The molecule has 0 N–H and O–H groups in total. The average molecular weight is 629 g/mol. The maximum absolute atomic E-state index is 14.7. The van der Waals surface area contributed by atoms with Gasteiger partial charge in [0.25, 0.3) is 5.91 Å². The van der Waals surface area contributed by atoms with Gasteiger partial charge in [0.2, 0.25) is 0 Å². The molecular weight excluding hydrogens is 608 g/mol. The van der Waals surface area contributed by atoms with Crippen molar-refractivity contribution in [1.29, 1.82) is 0 Å². The van der Waals surface area contributed by atoms with Crippen LogP contribution in [0.15, 0.2) is 90.0 Å². The summed E-state index contributed by atoms with van der Waals surface area (Å²) in [4.78, 5) is 18.6. The lowest BCUT2D eigenvalue weighted by atomic mass is 9.90. The van der Waals surface area contributed by atoms with Gasteiger partial charge in [-0.25, -0.2) is 17.2 Å². The van der Waals surface area contributed by atoms with E-state index in [4.69, 9.17) is 0 Å². The number of likely N-dealkylation sites (tertiary alicyclic amines) is 1. The number of alkyl halides is 7. The first-order valence-corrected chi connectivity index (χ1v) is 14.1. The quantitative estimate of drug-likeness (QED) is 0.179. The van der Waals surface area contributed by atoms with Gasteiger partial charge in [-0.05, 0) is 54.4 Å². The maximum atomic E-state index is 14.7. The van der Waals surface area contributed by atoms with Crippen molar-refractivity contribution in [2.24, 2.45) is 0 Å². The van der Waals surface area contributed by atoms with Crippen LogP contribution in [0, 0.1) is 5.82 Å². The minimum absolute atomic E-state index is 0.171. The molecule has 0 bridgehead atoms. The number of sulfone groups is 1. The molecule has 14 heteroatoms. The van der Waals surface area contributed by atoms with Crippen molar-refractivity contribution >= 4 is 26.6 Å². The molecule has 1 atom stereocenters. The molecule has 1 aromatic heterocycles.